The van der Waals surface area contributed by atoms with Gasteiger partial charge < -0.3 is 4.98 Å². The average Bonchev–Trinajstić information content (AvgIpc) is 2.76. The molecule has 78 valence electrons. The summed E-state index contributed by atoms with van der Waals surface area (Å²) in [6.07, 6.45) is 5.76. The minimum atomic E-state index is 1.17. The summed E-state index contributed by atoms with van der Waals surface area (Å²) in [6, 6.07) is 10.5. The molecule has 0 amide bonds. The van der Waals surface area contributed by atoms with E-state index < -0.39 is 0 Å². The standard InChI is InChI=1S/C14H12N2/c1-10-7-11(9-15-8-10)12-3-2-4-14-13(12)5-6-16-14/h2-9,16H,1H3. The average molecular weight is 208 g/mol. The highest BCUT2D eigenvalue weighted by Crippen LogP contribution is 2.27. The van der Waals surface area contributed by atoms with E-state index in [1.807, 2.05) is 18.6 Å². The van der Waals surface area contributed by atoms with Crippen LogP contribution in [0.25, 0.3) is 22.0 Å². The van der Waals surface area contributed by atoms with Crippen molar-refractivity contribution in [3.8, 4) is 11.1 Å². The van der Waals surface area contributed by atoms with Gasteiger partial charge in [-0.25, -0.2) is 0 Å². The van der Waals surface area contributed by atoms with Crippen molar-refractivity contribution >= 4 is 10.9 Å². The van der Waals surface area contributed by atoms with Gasteiger partial charge in [0.25, 0.3) is 0 Å². The molecule has 0 saturated carbocycles. The summed E-state index contributed by atoms with van der Waals surface area (Å²) in [7, 11) is 0. The van der Waals surface area contributed by atoms with Gasteiger partial charge in [-0.2, -0.15) is 0 Å². The number of rotatable bonds is 1. The van der Waals surface area contributed by atoms with E-state index in [1.165, 1.54) is 27.6 Å². The first kappa shape index (κ1) is 9.16. The molecule has 16 heavy (non-hydrogen) atoms. The topological polar surface area (TPSA) is 28.7 Å². The van der Waals surface area contributed by atoms with Crippen LogP contribution >= 0.6 is 0 Å². The fourth-order valence-corrected chi connectivity index (χ4v) is 2.04. The zero-order valence-electron chi connectivity index (χ0n) is 9.07. The summed E-state index contributed by atoms with van der Waals surface area (Å²) in [5.41, 5.74) is 4.75. The lowest BCUT2D eigenvalue weighted by Gasteiger charge is -2.03. The smallest absolute Gasteiger partial charge is 0.0460 e. The molecular formula is C14H12N2. The fourth-order valence-electron chi connectivity index (χ4n) is 2.04. The molecule has 3 aromatic rings. The Balaban J connectivity index is 2.29. The lowest BCUT2D eigenvalue weighted by molar-refractivity contribution is 1.27. The molecule has 0 spiro atoms. The molecule has 1 aromatic carbocycles. The Bertz CT molecular complexity index is 638. The second-order valence-electron chi connectivity index (χ2n) is 4.00. The van der Waals surface area contributed by atoms with E-state index in [-0.39, 0.29) is 0 Å². The van der Waals surface area contributed by atoms with E-state index in [0.29, 0.717) is 0 Å². The molecule has 1 N–H and O–H groups in total. The minimum Gasteiger partial charge on any atom is -0.361 e. The zero-order valence-corrected chi connectivity index (χ0v) is 9.07. The van der Waals surface area contributed by atoms with E-state index in [0.717, 1.165) is 0 Å². The molecule has 0 bridgehead atoms. The van der Waals surface area contributed by atoms with Crippen LogP contribution in [0.15, 0.2) is 48.9 Å². The maximum atomic E-state index is 4.24. The van der Waals surface area contributed by atoms with Gasteiger partial charge in [0, 0.05) is 35.1 Å². The lowest BCUT2D eigenvalue weighted by Crippen LogP contribution is -1.83. The Labute approximate surface area is 94.0 Å². The fraction of sp³-hybridized carbons (Fsp3) is 0.0714. The third-order valence-electron chi connectivity index (χ3n) is 2.78. The molecule has 0 fully saturated rings. The molecule has 2 heteroatoms. The summed E-state index contributed by atoms with van der Waals surface area (Å²) in [6.45, 7) is 2.06. The van der Waals surface area contributed by atoms with Gasteiger partial charge in [-0.05, 0) is 36.2 Å². The van der Waals surface area contributed by atoms with Crippen molar-refractivity contribution < 1.29 is 0 Å². The van der Waals surface area contributed by atoms with Crippen LogP contribution in [0.3, 0.4) is 0 Å². The molecule has 0 radical (unpaired) electrons. The van der Waals surface area contributed by atoms with Gasteiger partial charge in [0.05, 0.1) is 0 Å². The third kappa shape index (κ3) is 1.39. The van der Waals surface area contributed by atoms with Gasteiger partial charge in [-0.3, -0.25) is 4.98 Å². The Kier molecular flexibility index (Phi) is 2.00. The number of benzene rings is 1. The van der Waals surface area contributed by atoms with Crippen LogP contribution in [0.5, 0.6) is 0 Å². The number of nitrogens with one attached hydrogen (secondary N) is 1. The van der Waals surface area contributed by atoms with Crippen molar-refractivity contribution in [3.63, 3.8) is 0 Å². The number of aromatic nitrogens is 2. The molecule has 0 unspecified atom stereocenters. The molecule has 2 aromatic heterocycles. The molecule has 0 aliphatic heterocycles. The lowest BCUT2D eigenvalue weighted by atomic mass is 10.0. The molecular weight excluding hydrogens is 196 g/mol. The van der Waals surface area contributed by atoms with E-state index in [2.05, 4.69) is 47.2 Å². The summed E-state index contributed by atoms with van der Waals surface area (Å²) in [5, 5.41) is 1.25. The van der Waals surface area contributed by atoms with Crippen molar-refractivity contribution in [2.45, 2.75) is 6.92 Å². The van der Waals surface area contributed by atoms with Gasteiger partial charge in [-0.1, -0.05) is 12.1 Å². The predicted molar refractivity (Wildman–Crippen MR) is 66.3 cm³/mol. The highest BCUT2D eigenvalue weighted by molar-refractivity contribution is 5.94. The number of H-pyrrole nitrogens is 1. The molecule has 0 atom stereocenters. The molecule has 2 nitrogen and oxygen atoms in total. The SMILES string of the molecule is Cc1cncc(-c2cccc3[nH]ccc23)c1. The van der Waals surface area contributed by atoms with E-state index in [1.54, 1.807) is 0 Å². The van der Waals surface area contributed by atoms with Crippen molar-refractivity contribution in [1.29, 1.82) is 0 Å². The molecule has 0 saturated heterocycles. The van der Waals surface area contributed by atoms with Crippen LogP contribution in [0.4, 0.5) is 0 Å². The van der Waals surface area contributed by atoms with Crippen molar-refractivity contribution in [2.75, 3.05) is 0 Å². The second kappa shape index (κ2) is 3.49. The normalized spacial score (nSPS) is 10.8. The van der Waals surface area contributed by atoms with Gasteiger partial charge in [0.1, 0.15) is 0 Å². The van der Waals surface area contributed by atoms with E-state index in [4.69, 9.17) is 0 Å². The van der Waals surface area contributed by atoms with Crippen LogP contribution in [0.2, 0.25) is 0 Å². The maximum Gasteiger partial charge on any atom is 0.0460 e. The number of hydrogen-bond donors (Lipinski definition) is 1. The summed E-state index contributed by atoms with van der Waals surface area (Å²) in [4.78, 5) is 7.47. The van der Waals surface area contributed by atoms with Crippen LogP contribution in [0.1, 0.15) is 5.56 Å². The van der Waals surface area contributed by atoms with Crippen LogP contribution in [-0.2, 0) is 0 Å². The number of nitrogens with zero attached hydrogens (tertiary/aromatic N) is 1. The van der Waals surface area contributed by atoms with Crippen molar-refractivity contribution in [3.05, 3.63) is 54.5 Å². The number of aryl methyl sites for hydroxylation is 1. The predicted octanol–water partition coefficient (Wildman–Crippen LogP) is 3.54. The van der Waals surface area contributed by atoms with E-state index >= 15 is 0 Å². The first-order valence-corrected chi connectivity index (χ1v) is 5.33. The maximum absolute atomic E-state index is 4.24. The summed E-state index contributed by atoms with van der Waals surface area (Å²) in [5.74, 6) is 0. The van der Waals surface area contributed by atoms with Gasteiger partial charge in [0.2, 0.25) is 0 Å². The molecule has 3 rings (SSSR count). The first-order valence-electron chi connectivity index (χ1n) is 5.33. The Hall–Kier alpha value is -2.09. The van der Waals surface area contributed by atoms with Gasteiger partial charge >= 0.3 is 0 Å². The highest BCUT2D eigenvalue weighted by Gasteiger charge is 2.04. The van der Waals surface area contributed by atoms with Gasteiger partial charge in [0.15, 0.2) is 0 Å². The summed E-state index contributed by atoms with van der Waals surface area (Å²) >= 11 is 0. The third-order valence-corrected chi connectivity index (χ3v) is 2.78. The summed E-state index contributed by atoms with van der Waals surface area (Å²) < 4.78 is 0. The number of hydrogen-bond acceptors (Lipinski definition) is 1. The zero-order chi connectivity index (χ0) is 11.0. The van der Waals surface area contributed by atoms with Crippen molar-refractivity contribution in [2.24, 2.45) is 0 Å². The minimum absolute atomic E-state index is 1.17. The van der Waals surface area contributed by atoms with Crippen molar-refractivity contribution in [1.82, 2.24) is 9.97 Å². The number of fused-ring (bicyclic) bond motifs is 1. The monoisotopic (exact) mass is 208 g/mol. The Morgan fingerprint density at radius 2 is 2.06 bits per heavy atom. The van der Waals surface area contributed by atoms with E-state index in [9.17, 15) is 0 Å². The van der Waals surface area contributed by atoms with Crippen LogP contribution in [0, 0.1) is 6.92 Å². The number of aromatic amines is 1. The quantitative estimate of drug-likeness (QED) is 0.651. The Morgan fingerprint density at radius 3 is 2.94 bits per heavy atom. The number of pyridine rings is 1. The molecule has 2 heterocycles. The second-order valence-corrected chi connectivity index (χ2v) is 4.00. The first-order chi connectivity index (χ1) is 7.84. The molecule has 0 aliphatic carbocycles. The molecule has 0 aliphatic rings. The highest BCUT2D eigenvalue weighted by atomic mass is 14.7. The largest absolute Gasteiger partial charge is 0.361 e. The van der Waals surface area contributed by atoms with Gasteiger partial charge in [-0.15, -0.1) is 0 Å². The van der Waals surface area contributed by atoms with Crippen LogP contribution in [-0.4, -0.2) is 9.97 Å². The van der Waals surface area contributed by atoms with Crippen LogP contribution < -0.4 is 0 Å². The Morgan fingerprint density at radius 1 is 1.12 bits per heavy atom.